The third-order valence-corrected chi connectivity index (χ3v) is 5.34. The number of hydrogen-bond donors (Lipinski definition) is 2. The lowest BCUT2D eigenvalue weighted by atomic mass is 10.1. The Morgan fingerprint density at radius 2 is 2.00 bits per heavy atom. The highest BCUT2D eigenvalue weighted by Crippen LogP contribution is 2.34. The van der Waals surface area contributed by atoms with Gasteiger partial charge in [-0.05, 0) is 52.7 Å². The number of carbonyl (C=O) groups excluding carboxylic acids is 1. The molecule has 0 amide bonds. The molecule has 0 spiro atoms. The molecular weight excluding hydrogens is 401 g/mol. The lowest BCUT2D eigenvalue weighted by molar-refractivity contribution is -0.136. The quantitative estimate of drug-likeness (QED) is 0.683. The fraction of sp³-hybridized carbons (Fsp3) is 0.125. The van der Waals surface area contributed by atoms with Gasteiger partial charge < -0.3 is 10.2 Å². The van der Waals surface area contributed by atoms with Crippen LogP contribution in [0.15, 0.2) is 28.1 Å². The van der Waals surface area contributed by atoms with E-state index in [9.17, 15) is 19.1 Å². The molecule has 0 aliphatic heterocycles. The number of aromatic nitrogens is 1. The van der Waals surface area contributed by atoms with Crippen molar-refractivity contribution in [2.24, 2.45) is 0 Å². The van der Waals surface area contributed by atoms with E-state index in [4.69, 9.17) is 5.11 Å². The average molecular weight is 412 g/mol. The first kappa shape index (κ1) is 16.7. The van der Waals surface area contributed by atoms with Gasteiger partial charge in [-0.25, -0.2) is 4.39 Å². The average Bonchev–Trinajstić information content (AvgIpc) is 3.05. The maximum Gasteiger partial charge on any atom is 0.307 e. The second-order valence-electron chi connectivity index (χ2n) is 5.17. The van der Waals surface area contributed by atoms with Crippen LogP contribution in [0.25, 0.3) is 10.9 Å². The summed E-state index contributed by atoms with van der Waals surface area (Å²) < 4.78 is 16.5. The largest absolute Gasteiger partial charge is 0.505 e. The van der Waals surface area contributed by atoms with E-state index in [0.717, 1.165) is 9.85 Å². The number of carbonyl (C=O) groups is 2. The summed E-state index contributed by atoms with van der Waals surface area (Å²) in [6, 6.07) is 5.92. The van der Waals surface area contributed by atoms with Gasteiger partial charge in [0.15, 0.2) is 11.6 Å². The Bertz CT molecular complexity index is 992. The van der Waals surface area contributed by atoms with Crippen molar-refractivity contribution in [1.82, 2.24) is 4.57 Å². The van der Waals surface area contributed by atoms with Crippen LogP contribution < -0.4 is 0 Å². The second-order valence-corrected chi connectivity index (χ2v) is 7.63. The van der Waals surface area contributed by atoms with Crippen LogP contribution in [0.3, 0.4) is 0 Å². The van der Waals surface area contributed by atoms with Gasteiger partial charge in [-0.3, -0.25) is 14.2 Å². The van der Waals surface area contributed by atoms with Crippen molar-refractivity contribution in [3.63, 3.8) is 0 Å². The summed E-state index contributed by atoms with van der Waals surface area (Å²) in [5, 5.41) is 18.7. The molecule has 0 saturated carbocycles. The fourth-order valence-corrected chi connectivity index (χ4v) is 4.01. The molecule has 0 unspecified atom stereocenters. The third-order valence-electron chi connectivity index (χ3n) is 3.73. The van der Waals surface area contributed by atoms with Gasteiger partial charge in [-0.15, -0.1) is 11.3 Å². The van der Waals surface area contributed by atoms with Gasteiger partial charge in [0.25, 0.3) is 5.91 Å². The Hall–Kier alpha value is -2.19. The molecule has 2 aromatic heterocycles. The van der Waals surface area contributed by atoms with E-state index in [-0.39, 0.29) is 22.4 Å². The highest BCUT2D eigenvalue weighted by atomic mass is 79.9. The molecule has 2 N–H and O–H groups in total. The predicted octanol–water partition coefficient (Wildman–Crippen LogP) is 3.93. The standard InChI is InChI=1S/C16H11BrFNO4S/c1-7-8(6-13(21)22)14-9(2-3-10(20)15(14)18)19(7)16(23)11-4-5-12(17)24-11/h2-5,20H,6H2,1H3,(H,21,22). The number of nitrogens with zero attached hydrogens (tertiary/aromatic N) is 1. The van der Waals surface area contributed by atoms with Gasteiger partial charge in [-0.2, -0.15) is 0 Å². The van der Waals surface area contributed by atoms with E-state index in [1.807, 2.05) is 0 Å². The zero-order valence-corrected chi connectivity index (χ0v) is 14.7. The maximum absolute atomic E-state index is 14.4. The Labute approximate surface area is 148 Å². The Balaban J connectivity index is 2.32. The lowest BCUT2D eigenvalue weighted by Gasteiger charge is -2.05. The predicted molar refractivity (Wildman–Crippen MR) is 91.4 cm³/mol. The number of fused-ring (bicyclic) bond motifs is 1. The summed E-state index contributed by atoms with van der Waals surface area (Å²) in [6.45, 7) is 1.56. The van der Waals surface area contributed by atoms with Crippen LogP contribution in [0, 0.1) is 12.7 Å². The number of aliphatic carboxylic acids is 1. The zero-order chi connectivity index (χ0) is 17.6. The molecule has 0 atom stereocenters. The molecule has 0 bridgehead atoms. The number of halogens is 2. The zero-order valence-electron chi connectivity index (χ0n) is 12.3. The monoisotopic (exact) mass is 411 g/mol. The number of thiophene rings is 1. The van der Waals surface area contributed by atoms with Crippen molar-refractivity contribution in [3.05, 3.63) is 50.0 Å². The van der Waals surface area contributed by atoms with E-state index in [2.05, 4.69) is 15.9 Å². The van der Waals surface area contributed by atoms with Gasteiger partial charge in [0.05, 0.1) is 20.6 Å². The molecule has 0 saturated heterocycles. The maximum atomic E-state index is 14.4. The summed E-state index contributed by atoms with van der Waals surface area (Å²) in [4.78, 5) is 24.4. The molecule has 0 fully saturated rings. The number of rotatable bonds is 3. The third kappa shape index (κ3) is 2.61. The minimum atomic E-state index is -1.15. The van der Waals surface area contributed by atoms with Crippen LogP contribution in [-0.4, -0.2) is 26.7 Å². The first-order valence-electron chi connectivity index (χ1n) is 6.84. The van der Waals surface area contributed by atoms with E-state index in [1.54, 1.807) is 19.1 Å². The summed E-state index contributed by atoms with van der Waals surface area (Å²) >= 11 is 4.51. The van der Waals surface area contributed by atoms with Crippen LogP contribution in [-0.2, 0) is 11.2 Å². The number of benzene rings is 1. The Kier molecular flexibility index (Phi) is 4.18. The van der Waals surface area contributed by atoms with Crippen LogP contribution in [0.1, 0.15) is 20.9 Å². The molecule has 2 heterocycles. The number of aromatic hydroxyl groups is 1. The highest BCUT2D eigenvalue weighted by molar-refractivity contribution is 9.11. The van der Waals surface area contributed by atoms with Gasteiger partial charge in [0.1, 0.15) is 0 Å². The summed E-state index contributed by atoms with van der Waals surface area (Å²) in [7, 11) is 0. The van der Waals surface area contributed by atoms with Gasteiger partial charge in [-0.1, -0.05) is 0 Å². The summed E-state index contributed by atoms with van der Waals surface area (Å²) in [6.07, 6.45) is -0.447. The SMILES string of the molecule is Cc1c(CC(=O)O)c2c(F)c(O)ccc2n1C(=O)c1ccc(Br)s1. The number of carboxylic acids is 1. The topological polar surface area (TPSA) is 79.5 Å². The van der Waals surface area contributed by atoms with Gasteiger partial charge >= 0.3 is 5.97 Å². The summed E-state index contributed by atoms with van der Waals surface area (Å²) in [5.74, 6) is -3.04. The molecule has 0 radical (unpaired) electrons. The minimum Gasteiger partial charge on any atom is -0.505 e. The molecular formula is C16H11BrFNO4S. The minimum absolute atomic E-state index is 0.0427. The molecule has 5 nitrogen and oxygen atoms in total. The smallest absolute Gasteiger partial charge is 0.307 e. The first-order valence-corrected chi connectivity index (χ1v) is 8.45. The van der Waals surface area contributed by atoms with Crippen molar-refractivity contribution in [2.45, 2.75) is 13.3 Å². The summed E-state index contributed by atoms with van der Waals surface area (Å²) in [5.41, 5.74) is 0.745. The Morgan fingerprint density at radius 1 is 1.29 bits per heavy atom. The molecule has 0 aliphatic carbocycles. The Morgan fingerprint density at radius 3 is 2.58 bits per heavy atom. The molecule has 8 heteroatoms. The van der Waals surface area contributed by atoms with E-state index in [1.165, 1.54) is 22.0 Å². The number of carboxylic acid groups (broad SMARTS) is 1. The fourth-order valence-electron chi connectivity index (χ4n) is 2.69. The van der Waals surface area contributed by atoms with Gasteiger partial charge in [0, 0.05) is 11.1 Å². The second kappa shape index (κ2) is 6.03. The van der Waals surface area contributed by atoms with Crippen molar-refractivity contribution < 1.29 is 24.2 Å². The van der Waals surface area contributed by atoms with Crippen LogP contribution >= 0.6 is 27.3 Å². The van der Waals surface area contributed by atoms with Crippen molar-refractivity contribution in [2.75, 3.05) is 0 Å². The number of phenols is 1. The lowest BCUT2D eigenvalue weighted by Crippen LogP contribution is -2.12. The van der Waals surface area contributed by atoms with E-state index < -0.39 is 24.0 Å². The molecule has 1 aromatic carbocycles. The van der Waals surface area contributed by atoms with Crippen molar-refractivity contribution >= 4 is 50.0 Å². The molecule has 3 aromatic rings. The molecule has 24 heavy (non-hydrogen) atoms. The van der Waals surface area contributed by atoms with E-state index >= 15 is 0 Å². The molecule has 124 valence electrons. The van der Waals surface area contributed by atoms with E-state index in [0.29, 0.717) is 10.6 Å². The van der Waals surface area contributed by atoms with Crippen LogP contribution in [0.5, 0.6) is 5.75 Å². The van der Waals surface area contributed by atoms with Crippen LogP contribution in [0.2, 0.25) is 0 Å². The number of phenolic OH excluding ortho intramolecular Hbond substituents is 1. The first-order chi connectivity index (χ1) is 11.3. The van der Waals surface area contributed by atoms with Crippen molar-refractivity contribution in [1.29, 1.82) is 0 Å². The molecule has 0 aliphatic rings. The molecule has 3 rings (SSSR count). The number of hydrogen-bond acceptors (Lipinski definition) is 4. The van der Waals surface area contributed by atoms with Crippen LogP contribution in [0.4, 0.5) is 4.39 Å². The van der Waals surface area contributed by atoms with Crippen molar-refractivity contribution in [3.8, 4) is 5.75 Å². The normalized spacial score (nSPS) is 11.1. The highest BCUT2D eigenvalue weighted by Gasteiger charge is 2.25. The van der Waals surface area contributed by atoms with Gasteiger partial charge in [0.2, 0.25) is 0 Å².